The van der Waals surface area contributed by atoms with Gasteiger partial charge in [0.1, 0.15) is 5.82 Å². The number of nitrogens with one attached hydrogen (secondary N) is 2. The van der Waals surface area contributed by atoms with Gasteiger partial charge in [-0.15, -0.1) is 24.8 Å². The fourth-order valence-corrected chi connectivity index (χ4v) is 3.45. The van der Waals surface area contributed by atoms with Gasteiger partial charge >= 0.3 is 0 Å². The number of carbonyl (C=O) groups excluding carboxylic acids is 1. The molecule has 1 amide bonds. The third-order valence-corrected chi connectivity index (χ3v) is 4.97. The maximum absolute atomic E-state index is 12.0. The van der Waals surface area contributed by atoms with E-state index in [-0.39, 0.29) is 30.7 Å². The smallest absolute Gasteiger partial charge is 0.220 e. The van der Waals surface area contributed by atoms with E-state index in [9.17, 15) is 4.79 Å². The Bertz CT molecular complexity index is 500. The van der Waals surface area contributed by atoms with Crippen LogP contribution in [-0.2, 0) is 11.3 Å². The van der Waals surface area contributed by atoms with E-state index in [1.807, 2.05) is 6.20 Å². The Morgan fingerprint density at radius 3 is 2.56 bits per heavy atom. The Morgan fingerprint density at radius 1 is 1.20 bits per heavy atom. The molecule has 2 saturated heterocycles. The lowest BCUT2D eigenvalue weighted by Crippen LogP contribution is -2.29. The van der Waals surface area contributed by atoms with Gasteiger partial charge in [0.15, 0.2) is 0 Å². The number of hydrogen-bond donors (Lipinski definition) is 2. The van der Waals surface area contributed by atoms with E-state index < -0.39 is 0 Å². The third kappa shape index (κ3) is 7.00. The maximum atomic E-state index is 12.0. The fraction of sp³-hybridized carbons (Fsp3) is 0.667. The summed E-state index contributed by atoms with van der Waals surface area (Å²) in [7, 11) is 0. The Hall–Kier alpha value is -1.04. The van der Waals surface area contributed by atoms with Gasteiger partial charge in [0.05, 0.1) is 0 Å². The van der Waals surface area contributed by atoms with E-state index in [1.165, 1.54) is 25.7 Å². The van der Waals surface area contributed by atoms with Crippen molar-refractivity contribution < 1.29 is 4.79 Å². The third-order valence-electron chi connectivity index (χ3n) is 4.97. The Labute approximate surface area is 163 Å². The van der Waals surface area contributed by atoms with Crippen molar-refractivity contribution in [1.82, 2.24) is 15.6 Å². The summed E-state index contributed by atoms with van der Waals surface area (Å²) in [6.45, 7) is 5.00. The van der Waals surface area contributed by atoms with Crippen molar-refractivity contribution in [3.63, 3.8) is 0 Å². The van der Waals surface area contributed by atoms with E-state index in [2.05, 4.69) is 32.7 Å². The Morgan fingerprint density at radius 2 is 1.92 bits per heavy atom. The fourth-order valence-electron chi connectivity index (χ4n) is 3.45. The van der Waals surface area contributed by atoms with Crippen molar-refractivity contribution in [2.24, 2.45) is 5.92 Å². The van der Waals surface area contributed by atoms with E-state index in [1.54, 1.807) is 0 Å². The highest BCUT2D eigenvalue weighted by Crippen LogP contribution is 2.18. The van der Waals surface area contributed by atoms with Gasteiger partial charge in [-0.3, -0.25) is 4.79 Å². The summed E-state index contributed by atoms with van der Waals surface area (Å²) in [4.78, 5) is 18.8. The van der Waals surface area contributed by atoms with Crippen molar-refractivity contribution in [1.29, 1.82) is 0 Å². The van der Waals surface area contributed by atoms with Crippen molar-refractivity contribution in [3.05, 3.63) is 23.9 Å². The van der Waals surface area contributed by atoms with Crippen LogP contribution in [0, 0.1) is 5.92 Å². The molecule has 5 nitrogen and oxygen atoms in total. The molecule has 3 heterocycles. The molecule has 0 aromatic carbocycles. The van der Waals surface area contributed by atoms with Crippen molar-refractivity contribution >= 4 is 36.5 Å². The molecule has 1 aromatic rings. The normalized spacial score (nSPS) is 17.5. The lowest BCUT2D eigenvalue weighted by Gasteiger charge is -2.22. The zero-order valence-corrected chi connectivity index (χ0v) is 16.3. The Balaban J connectivity index is 0.00000156. The van der Waals surface area contributed by atoms with E-state index in [0.29, 0.717) is 18.9 Å². The van der Waals surface area contributed by atoms with E-state index in [4.69, 9.17) is 0 Å². The summed E-state index contributed by atoms with van der Waals surface area (Å²) >= 11 is 0. The maximum Gasteiger partial charge on any atom is 0.220 e. The summed E-state index contributed by atoms with van der Waals surface area (Å²) in [6.07, 6.45) is 8.47. The van der Waals surface area contributed by atoms with E-state index >= 15 is 0 Å². The topological polar surface area (TPSA) is 57.3 Å². The van der Waals surface area contributed by atoms with Crippen LogP contribution in [0.3, 0.4) is 0 Å². The second kappa shape index (κ2) is 11.6. The van der Waals surface area contributed by atoms with Gasteiger partial charge in [-0.05, 0) is 62.7 Å². The molecule has 0 radical (unpaired) electrons. The molecule has 0 saturated carbocycles. The largest absolute Gasteiger partial charge is 0.357 e. The zero-order valence-electron chi connectivity index (χ0n) is 14.7. The summed E-state index contributed by atoms with van der Waals surface area (Å²) in [5.74, 6) is 1.93. The quantitative estimate of drug-likeness (QED) is 0.786. The van der Waals surface area contributed by atoms with Gasteiger partial charge in [0.25, 0.3) is 0 Å². The number of pyridine rings is 1. The van der Waals surface area contributed by atoms with Gasteiger partial charge in [-0.2, -0.15) is 0 Å². The van der Waals surface area contributed by atoms with Gasteiger partial charge in [0.2, 0.25) is 5.91 Å². The van der Waals surface area contributed by atoms with Gasteiger partial charge in [-0.25, -0.2) is 4.98 Å². The molecule has 3 rings (SSSR count). The summed E-state index contributed by atoms with van der Waals surface area (Å²) < 4.78 is 0. The SMILES string of the molecule is Cl.Cl.O=C(CCC1CCNCC1)NCc1ccc(N2CCCC2)nc1. The minimum atomic E-state index is 0. The number of halogens is 2. The number of nitrogens with zero attached hydrogens (tertiary/aromatic N) is 2. The number of hydrogen-bond acceptors (Lipinski definition) is 4. The molecule has 0 bridgehead atoms. The molecule has 1 aromatic heterocycles. The average molecular weight is 389 g/mol. The van der Waals surface area contributed by atoms with E-state index in [0.717, 1.165) is 44.0 Å². The number of amides is 1. The molecule has 0 aliphatic carbocycles. The highest BCUT2D eigenvalue weighted by atomic mass is 35.5. The van der Waals surface area contributed by atoms with Crippen LogP contribution < -0.4 is 15.5 Å². The van der Waals surface area contributed by atoms with Crippen LogP contribution in [0.2, 0.25) is 0 Å². The monoisotopic (exact) mass is 388 g/mol. The molecule has 0 atom stereocenters. The van der Waals surface area contributed by atoms with Gasteiger partial charge < -0.3 is 15.5 Å². The van der Waals surface area contributed by atoms with Crippen LogP contribution in [0.5, 0.6) is 0 Å². The van der Waals surface area contributed by atoms with Crippen LogP contribution in [0.4, 0.5) is 5.82 Å². The molecule has 25 heavy (non-hydrogen) atoms. The number of piperidine rings is 1. The molecule has 7 heteroatoms. The molecule has 2 aliphatic heterocycles. The summed E-state index contributed by atoms with van der Waals surface area (Å²) in [6, 6.07) is 4.15. The predicted molar refractivity (Wildman–Crippen MR) is 107 cm³/mol. The molecular formula is C18H30Cl2N4O. The second-order valence-electron chi connectivity index (χ2n) is 6.73. The molecule has 2 fully saturated rings. The highest BCUT2D eigenvalue weighted by molar-refractivity contribution is 5.85. The number of carbonyl (C=O) groups is 1. The van der Waals surface area contributed by atoms with Crippen LogP contribution in [-0.4, -0.2) is 37.1 Å². The van der Waals surface area contributed by atoms with Crippen LogP contribution in [0.25, 0.3) is 0 Å². The number of anilines is 1. The minimum absolute atomic E-state index is 0. The lowest BCUT2D eigenvalue weighted by molar-refractivity contribution is -0.121. The first-order valence-corrected chi connectivity index (χ1v) is 8.98. The van der Waals surface area contributed by atoms with Crippen LogP contribution in [0.1, 0.15) is 44.1 Å². The molecule has 0 unspecified atom stereocenters. The molecular weight excluding hydrogens is 359 g/mol. The molecule has 2 aliphatic rings. The first-order chi connectivity index (χ1) is 11.3. The first kappa shape index (κ1) is 22.0. The minimum Gasteiger partial charge on any atom is -0.357 e. The van der Waals surface area contributed by atoms with Crippen molar-refractivity contribution in [2.45, 2.75) is 45.1 Å². The summed E-state index contributed by atoms with van der Waals surface area (Å²) in [5, 5.41) is 6.38. The summed E-state index contributed by atoms with van der Waals surface area (Å²) in [5.41, 5.74) is 1.07. The number of rotatable bonds is 6. The molecule has 0 spiro atoms. The average Bonchev–Trinajstić information content (AvgIpc) is 3.14. The molecule has 142 valence electrons. The number of aromatic nitrogens is 1. The van der Waals surface area contributed by atoms with Crippen LogP contribution in [0.15, 0.2) is 18.3 Å². The highest BCUT2D eigenvalue weighted by Gasteiger charge is 2.15. The molecule has 2 N–H and O–H groups in total. The van der Waals surface area contributed by atoms with Gasteiger partial charge in [0, 0.05) is 32.3 Å². The standard InChI is InChI=1S/C18H28N4O.2ClH/c23-18(6-4-15-7-9-19-10-8-15)21-14-16-3-5-17(20-13-16)22-11-1-2-12-22;;/h3,5,13,15,19H,1-2,4,6-12,14H2,(H,21,23);2*1H. The first-order valence-electron chi connectivity index (χ1n) is 8.98. The van der Waals surface area contributed by atoms with Crippen molar-refractivity contribution in [3.8, 4) is 0 Å². The van der Waals surface area contributed by atoms with Crippen LogP contribution >= 0.6 is 24.8 Å². The van der Waals surface area contributed by atoms with Gasteiger partial charge in [-0.1, -0.05) is 6.07 Å². The Kier molecular flexibility index (Phi) is 10.2. The lowest BCUT2D eigenvalue weighted by atomic mass is 9.93. The second-order valence-corrected chi connectivity index (χ2v) is 6.73. The predicted octanol–water partition coefficient (Wildman–Crippen LogP) is 2.92. The zero-order chi connectivity index (χ0) is 15.9. The van der Waals surface area contributed by atoms with Crippen molar-refractivity contribution in [2.75, 3.05) is 31.1 Å².